The number of hydrogen-bond acceptors (Lipinski definition) is 6. The van der Waals surface area contributed by atoms with Crippen molar-refractivity contribution in [1.29, 1.82) is 0 Å². The molecule has 0 amide bonds. The molecule has 1 aromatic heterocycles. The lowest BCUT2D eigenvalue weighted by Gasteiger charge is -2.30. The Morgan fingerprint density at radius 1 is 1.24 bits per heavy atom. The number of aromatic amines is 1. The van der Waals surface area contributed by atoms with Crippen molar-refractivity contribution in [2.24, 2.45) is 0 Å². The Labute approximate surface area is 143 Å². The lowest BCUT2D eigenvalue weighted by molar-refractivity contribution is -0.227. The number of fused-ring (bicyclic) bond motifs is 1. The second kappa shape index (κ2) is 6.99. The summed E-state index contributed by atoms with van der Waals surface area (Å²) in [5, 5.41) is 9.60. The zero-order valence-corrected chi connectivity index (χ0v) is 14.2. The van der Waals surface area contributed by atoms with Gasteiger partial charge in [-0.2, -0.15) is 4.39 Å². The third-order valence-electron chi connectivity index (χ3n) is 4.63. The molecule has 2 aliphatic heterocycles. The Morgan fingerprint density at radius 2 is 1.88 bits per heavy atom. The molecule has 1 aromatic rings. The highest BCUT2D eigenvalue weighted by atomic mass is 19.1. The average molecular weight is 358 g/mol. The molecule has 0 radical (unpaired) electrons. The largest absolute Gasteiger partial charge is 0.394 e. The molecule has 140 valence electrons. The van der Waals surface area contributed by atoms with Gasteiger partial charge in [0.2, 0.25) is 5.82 Å². The van der Waals surface area contributed by atoms with Gasteiger partial charge in [0.15, 0.2) is 12.0 Å². The fourth-order valence-electron chi connectivity index (χ4n) is 3.64. The maximum Gasteiger partial charge on any atom is 0.330 e. The molecule has 2 fully saturated rings. The van der Waals surface area contributed by atoms with E-state index in [1.54, 1.807) is 0 Å². The Morgan fingerprint density at radius 3 is 2.48 bits per heavy atom. The van der Waals surface area contributed by atoms with Gasteiger partial charge in [0, 0.05) is 12.8 Å². The van der Waals surface area contributed by atoms with E-state index < -0.39 is 47.4 Å². The molecular weight excluding hydrogens is 335 g/mol. The van der Waals surface area contributed by atoms with Crippen molar-refractivity contribution in [3.05, 3.63) is 32.9 Å². The number of aliphatic hydroxyl groups excluding tert-OH is 1. The summed E-state index contributed by atoms with van der Waals surface area (Å²) in [6.07, 6.45) is 0.842. The van der Waals surface area contributed by atoms with Crippen molar-refractivity contribution in [1.82, 2.24) is 9.55 Å². The molecule has 2 saturated heterocycles. The van der Waals surface area contributed by atoms with Gasteiger partial charge in [0.1, 0.15) is 18.3 Å². The standard InChI is InChI=1S/C16H23FN2O6/c1-3-5-16(6-4-2)24-11-10(8-20)23-14(12(11)25-16)19-7-9(17)13(21)18-15(19)22/h7,10-12,14,20H,3-6,8H2,1-2H3,(H,18,21,22)/t10-,11+,12?,14-/m1/s1. The summed E-state index contributed by atoms with van der Waals surface area (Å²) >= 11 is 0. The van der Waals surface area contributed by atoms with Crippen LogP contribution in [-0.4, -0.2) is 45.4 Å². The highest BCUT2D eigenvalue weighted by Gasteiger charge is 2.58. The van der Waals surface area contributed by atoms with E-state index in [1.807, 2.05) is 18.8 Å². The van der Waals surface area contributed by atoms with Crippen LogP contribution in [0.4, 0.5) is 4.39 Å². The van der Waals surface area contributed by atoms with Crippen molar-refractivity contribution >= 4 is 0 Å². The van der Waals surface area contributed by atoms with Crippen molar-refractivity contribution < 1.29 is 23.7 Å². The van der Waals surface area contributed by atoms with Crippen LogP contribution in [0.2, 0.25) is 0 Å². The van der Waals surface area contributed by atoms with Gasteiger partial charge < -0.3 is 19.3 Å². The van der Waals surface area contributed by atoms with E-state index in [1.165, 1.54) is 0 Å². The van der Waals surface area contributed by atoms with Gasteiger partial charge in [0.05, 0.1) is 12.8 Å². The minimum atomic E-state index is -1.10. The highest BCUT2D eigenvalue weighted by molar-refractivity contribution is 5.00. The number of aromatic nitrogens is 2. The lowest BCUT2D eigenvalue weighted by Crippen LogP contribution is -2.39. The predicted octanol–water partition coefficient (Wildman–Crippen LogP) is 0.646. The van der Waals surface area contributed by atoms with E-state index in [9.17, 15) is 19.1 Å². The predicted molar refractivity (Wildman–Crippen MR) is 84.6 cm³/mol. The van der Waals surface area contributed by atoms with Gasteiger partial charge >= 0.3 is 5.69 Å². The molecule has 3 heterocycles. The molecule has 2 N–H and O–H groups in total. The zero-order chi connectivity index (χ0) is 18.2. The van der Waals surface area contributed by atoms with Crippen LogP contribution >= 0.6 is 0 Å². The minimum absolute atomic E-state index is 0.323. The van der Waals surface area contributed by atoms with E-state index in [-0.39, 0.29) is 6.61 Å². The van der Waals surface area contributed by atoms with E-state index >= 15 is 0 Å². The summed E-state index contributed by atoms with van der Waals surface area (Å²) in [4.78, 5) is 25.2. The van der Waals surface area contributed by atoms with Crippen LogP contribution in [0.3, 0.4) is 0 Å². The summed E-state index contributed by atoms with van der Waals surface area (Å²) in [5.74, 6) is -1.90. The Bertz CT molecular complexity index is 726. The molecule has 0 aromatic carbocycles. The number of nitrogens with one attached hydrogen (secondary N) is 1. The second-order valence-electron chi connectivity index (χ2n) is 6.47. The first-order valence-corrected chi connectivity index (χ1v) is 8.57. The Balaban J connectivity index is 1.96. The normalized spacial score (nSPS) is 30.6. The fourth-order valence-corrected chi connectivity index (χ4v) is 3.64. The molecule has 8 nitrogen and oxygen atoms in total. The summed E-state index contributed by atoms with van der Waals surface area (Å²) in [7, 11) is 0. The van der Waals surface area contributed by atoms with Crippen molar-refractivity contribution in [2.75, 3.05) is 6.61 Å². The number of H-pyrrole nitrogens is 1. The zero-order valence-electron chi connectivity index (χ0n) is 14.2. The van der Waals surface area contributed by atoms with Crippen molar-refractivity contribution in [3.8, 4) is 0 Å². The van der Waals surface area contributed by atoms with Gasteiger partial charge in [0.25, 0.3) is 5.56 Å². The maximum atomic E-state index is 13.6. The van der Waals surface area contributed by atoms with Gasteiger partial charge in [-0.1, -0.05) is 26.7 Å². The first kappa shape index (κ1) is 18.2. The van der Waals surface area contributed by atoms with Crippen LogP contribution in [0.1, 0.15) is 45.8 Å². The third kappa shape index (κ3) is 3.17. The Hall–Kier alpha value is -1.55. The van der Waals surface area contributed by atoms with Gasteiger partial charge in [-0.25, -0.2) is 4.79 Å². The Kier molecular flexibility index (Phi) is 5.10. The van der Waals surface area contributed by atoms with E-state index in [4.69, 9.17) is 14.2 Å². The fraction of sp³-hybridized carbons (Fsp3) is 0.750. The van der Waals surface area contributed by atoms with E-state index in [2.05, 4.69) is 0 Å². The first-order chi connectivity index (χ1) is 11.9. The van der Waals surface area contributed by atoms with Crippen LogP contribution in [-0.2, 0) is 14.2 Å². The quantitative estimate of drug-likeness (QED) is 0.774. The van der Waals surface area contributed by atoms with Crippen LogP contribution in [0.15, 0.2) is 15.8 Å². The lowest BCUT2D eigenvalue weighted by atomic mass is 10.1. The minimum Gasteiger partial charge on any atom is -0.394 e. The topological polar surface area (TPSA) is 103 Å². The number of hydrogen-bond donors (Lipinski definition) is 2. The first-order valence-electron chi connectivity index (χ1n) is 8.57. The highest BCUT2D eigenvalue weighted by Crippen LogP contribution is 2.46. The van der Waals surface area contributed by atoms with Crippen molar-refractivity contribution in [3.63, 3.8) is 0 Å². The van der Waals surface area contributed by atoms with E-state index in [0.717, 1.165) is 23.6 Å². The molecule has 4 atom stereocenters. The smallest absolute Gasteiger partial charge is 0.330 e. The van der Waals surface area contributed by atoms with Crippen molar-refractivity contribution in [2.45, 2.75) is 69.9 Å². The number of rotatable bonds is 6. The van der Waals surface area contributed by atoms with Crippen LogP contribution < -0.4 is 11.2 Å². The van der Waals surface area contributed by atoms with Crippen LogP contribution in [0.25, 0.3) is 0 Å². The van der Waals surface area contributed by atoms with Gasteiger partial charge in [-0.05, 0) is 0 Å². The summed E-state index contributed by atoms with van der Waals surface area (Å²) in [5.41, 5.74) is -1.90. The summed E-state index contributed by atoms with van der Waals surface area (Å²) in [6, 6.07) is 0. The molecule has 0 aliphatic carbocycles. The molecular formula is C16H23FN2O6. The molecule has 25 heavy (non-hydrogen) atoms. The van der Waals surface area contributed by atoms with Crippen LogP contribution in [0, 0.1) is 5.82 Å². The summed E-state index contributed by atoms with van der Waals surface area (Å²) in [6.45, 7) is 3.70. The SMILES string of the molecule is CCCC1(CCC)OC2[C@@H](O1)[C@@H](CO)O[C@H]2n1cc(F)c(=O)[nH]c1=O. The number of nitrogens with zero attached hydrogens (tertiary/aromatic N) is 1. The molecule has 2 aliphatic rings. The molecule has 1 unspecified atom stereocenters. The number of ether oxygens (including phenoxy) is 3. The molecule has 0 saturated carbocycles. The van der Waals surface area contributed by atoms with Gasteiger partial charge in [-0.3, -0.25) is 14.3 Å². The summed E-state index contributed by atoms with van der Waals surface area (Å²) < 4.78 is 32.5. The third-order valence-corrected chi connectivity index (χ3v) is 4.63. The number of halogens is 1. The average Bonchev–Trinajstić information content (AvgIpc) is 3.07. The molecule has 9 heteroatoms. The molecule has 0 bridgehead atoms. The van der Waals surface area contributed by atoms with E-state index in [0.29, 0.717) is 12.8 Å². The van der Waals surface area contributed by atoms with Gasteiger partial charge in [-0.15, -0.1) is 0 Å². The number of aliphatic hydroxyl groups is 1. The monoisotopic (exact) mass is 358 g/mol. The maximum absolute atomic E-state index is 13.6. The molecule has 3 rings (SSSR count). The second-order valence-corrected chi connectivity index (χ2v) is 6.47. The van der Waals surface area contributed by atoms with Crippen LogP contribution in [0.5, 0.6) is 0 Å². The molecule has 0 spiro atoms.